The van der Waals surface area contributed by atoms with Crippen LogP contribution in [-0.4, -0.2) is 34.9 Å². The molecule has 0 bridgehead atoms. The van der Waals surface area contributed by atoms with Crippen LogP contribution < -0.4 is 10.0 Å². The standard InChI is InChI=1S/C28H26FN5O4S/c29-18-12-14-21(15-13-18)39(36,37)33-26-24(28(35)30-19-7-2-1-3-8-19)25-27(34(26)17-20-9-6-16-38-20)32-23-11-5-4-10-22(23)31-25/h4-6,9-16,19,33H,1-3,7-8,17H2,(H,30,35). The van der Waals surface area contributed by atoms with Gasteiger partial charge in [-0.05, 0) is 61.4 Å². The Morgan fingerprint density at radius 2 is 1.69 bits per heavy atom. The number of para-hydroxylation sites is 2. The minimum absolute atomic E-state index is 0.00865. The average Bonchev–Trinajstić information content (AvgIpc) is 3.54. The number of fused-ring (bicyclic) bond motifs is 2. The first-order chi connectivity index (χ1) is 18.9. The van der Waals surface area contributed by atoms with E-state index in [4.69, 9.17) is 14.4 Å². The summed E-state index contributed by atoms with van der Waals surface area (Å²) < 4.78 is 50.3. The van der Waals surface area contributed by atoms with Crippen LogP contribution in [0, 0.1) is 5.82 Å². The maximum Gasteiger partial charge on any atom is 0.263 e. The lowest BCUT2D eigenvalue weighted by molar-refractivity contribution is 0.0930. The zero-order chi connectivity index (χ0) is 27.0. The van der Waals surface area contributed by atoms with Gasteiger partial charge in [0.05, 0.1) is 28.7 Å². The molecule has 0 atom stereocenters. The molecule has 9 nitrogen and oxygen atoms in total. The van der Waals surface area contributed by atoms with Crippen molar-refractivity contribution < 1.29 is 22.0 Å². The number of aromatic nitrogens is 3. The Bertz CT molecular complexity index is 1760. The number of nitrogens with one attached hydrogen (secondary N) is 2. The molecule has 11 heteroatoms. The molecular formula is C28H26FN5O4S. The highest BCUT2D eigenvalue weighted by Gasteiger charge is 2.30. The maximum atomic E-state index is 13.9. The van der Waals surface area contributed by atoms with Crippen LogP contribution in [0.15, 0.2) is 76.2 Å². The molecule has 2 aromatic carbocycles. The number of sulfonamides is 1. The lowest BCUT2D eigenvalue weighted by Crippen LogP contribution is -2.36. The highest BCUT2D eigenvalue weighted by Crippen LogP contribution is 2.33. The van der Waals surface area contributed by atoms with Crippen molar-refractivity contribution in [2.75, 3.05) is 4.72 Å². The van der Waals surface area contributed by atoms with E-state index in [0.717, 1.165) is 44.2 Å². The third kappa shape index (κ3) is 4.97. The Morgan fingerprint density at radius 1 is 0.974 bits per heavy atom. The molecule has 0 spiro atoms. The predicted octanol–water partition coefficient (Wildman–Crippen LogP) is 5.23. The monoisotopic (exact) mass is 547 g/mol. The number of amides is 1. The molecule has 1 amide bonds. The Labute approximate surface area is 224 Å². The van der Waals surface area contributed by atoms with Crippen LogP contribution in [0.25, 0.3) is 22.2 Å². The normalized spacial score (nSPS) is 14.6. The van der Waals surface area contributed by atoms with Gasteiger partial charge in [-0.25, -0.2) is 22.8 Å². The number of benzene rings is 2. The van der Waals surface area contributed by atoms with Crippen LogP contribution in [-0.2, 0) is 16.6 Å². The Balaban J connectivity index is 1.56. The number of hydrogen-bond acceptors (Lipinski definition) is 6. The van der Waals surface area contributed by atoms with E-state index in [9.17, 15) is 17.6 Å². The zero-order valence-electron chi connectivity index (χ0n) is 20.9. The number of furan rings is 1. The number of anilines is 1. The summed E-state index contributed by atoms with van der Waals surface area (Å²) in [6.07, 6.45) is 6.36. The van der Waals surface area contributed by atoms with Crippen molar-refractivity contribution >= 4 is 43.9 Å². The molecule has 0 aliphatic heterocycles. The van der Waals surface area contributed by atoms with Gasteiger partial charge in [-0.1, -0.05) is 31.4 Å². The lowest BCUT2D eigenvalue weighted by Gasteiger charge is -2.23. The molecule has 1 aliphatic carbocycles. The minimum atomic E-state index is -4.22. The SMILES string of the molecule is O=C(NC1CCCCC1)c1c(NS(=O)(=O)c2ccc(F)cc2)n(Cc2ccco2)c2nc3ccccc3nc12. The van der Waals surface area contributed by atoms with E-state index in [0.29, 0.717) is 22.4 Å². The van der Waals surface area contributed by atoms with Crippen molar-refractivity contribution in [2.24, 2.45) is 0 Å². The fourth-order valence-electron chi connectivity index (χ4n) is 5.04. The fourth-order valence-corrected chi connectivity index (χ4v) is 6.12. The largest absolute Gasteiger partial charge is 0.467 e. The predicted molar refractivity (Wildman–Crippen MR) is 144 cm³/mol. The summed E-state index contributed by atoms with van der Waals surface area (Å²) in [4.78, 5) is 23.3. The van der Waals surface area contributed by atoms with Gasteiger partial charge in [0, 0.05) is 6.04 Å². The fraction of sp³-hybridized carbons (Fsp3) is 0.250. The van der Waals surface area contributed by atoms with E-state index < -0.39 is 21.7 Å². The zero-order valence-corrected chi connectivity index (χ0v) is 21.7. The Morgan fingerprint density at radius 3 is 2.38 bits per heavy atom. The molecule has 1 saturated carbocycles. The molecule has 2 N–H and O–H groups in total. The minimum Gasteiger partial charge on any atom is -0.467 e. The number of rotatable bonds is 7. The topological polar surface area (TPSA) is 119 Å². The highest BCUT2D eigenvalue weighted by atomic mass is 32.2. The van der Waals surface area contributed by atoms with Gasteiger partial charge < -0.3 is 14.3 Å². The third-order valence-corrected chi connectivity index (χ3v) is 8.32. The van der Waals surface area contributed by atoms with E-state index in [2.05, 4.69) is 10.0 Å². The first-order valence-electron chi connectivity index (χ1n) is 12.8. The molecule has 0 saturated heterocycles. The summed E-state index contributed by atoms with van der Waals surface area (Å²) in [5.41, 5.74) is 1.84. The van der Waals surface area contributed by atoms with Crippen LogP contribution in [0.2, 0.25) is 0 Å². The molecule has 0 unspecified atom stereocenters. The van der Waals surface area contributed by atoms with Gasteiger partial charge in [0.25, 0.3) is 15.9 Å². The summed E-state index contributed by atoms with van der Waals surface area (Å²) in [7, 11) is -4.22. The second-order valence-corrected chi connectivity index (χ2v) is 11.3. The second kappa shape index (κ2) is 10.1. The molecule has 200 valence electrons. The third-order valence-electron chi connectivity index (χ3n) is 6.97. The molecule has 0 radical (unpaired) electrons. The maximum absolute atomic E-state index is 13.9. The second-order valence-electron chi connectivity index (χ2n) is 9.64. The van der Waals surface area contributed by atoms with Gasteiger partial charge in [0.1, 0.15) is 28.5 Å². The molecule has 6 rings (SSSR count). The first kappa shape index (κ1) is 25.1. The smallest absolute Gasteiger partial charge is 0.263 e. The summed E-state index contributed by atoms with van der Waals surface area (Å²) in [6.45, 7) is 0.0918. The molecule has 5 aromatic rings. The Hall–Kier alpha value is -4.25. The van der Waals surface area contributed by atoms with Gasteiger partial charge >= 0.3 is 0 Å². The van der Waals surface area contributed by atoms with Crippen molar-refractivity contribution in [3.8, 4) is 0 Å². The molecular weight excluding hydrogens is 521 g/mol. The van der Waals surface area contributed by atoms with E-state index in [1.165, 1.54) is 18.4 Å². The number of nitrogens with zero attached hydrogens (tertiary/aromatic N) is 3. The molecule has 1 aliphatic rings. The first-order valence-corrected chi connectivity index (χ1v) is 14.3. The summed E-state index contributed by atoms with van der Waals surface area (Å²) in [6, 6.07) is 15.2. The Kier molecular flexibility index (Phi) is 6.51. The van der Waals surface area contributed by atoms with Gasteiger partial charge in [-0.15, -0.1) is 0 Å². The van der Waals surface area contributed by atoms with Crippen molar-refractivity contribution in [3.05, 3.63) is 84.1 Å². The van der Waals surface area contributed by atoms with Crippen molar-refractivity contribution in [3.63, 3.8) is 0 Å². The van der Waals surface area contributed by atoms with E-state index in [1.54, 1.807) is 28.8 Å². The van der Waals surface area contributed by atoms with E-state index >= 15 is 0 Å². The number of halogens is 1. The van der Waals surface area contributed by atoms with Crippen LogP contribution in [0.1, 0.15) is 48.2 Å². The summed E-state index contributed by atoms with van der Waals surface area (Å²) >= 11 is 0. The van der Waals surface area contributed by atoms with Gasteiger partial charge in [0.2, 0.25) is 0 Å². The molecule has 3 aromatic heterocycles. The number of carbonyl (C=O) groups excluding carboxylic acids is 1. The summed E-state index contributed by atoms with van der Waals surface area (Å²) in [5, 5.41) is 3.09. The molecule has 39 heavy (non-hydrogen) atoms. The van der Waals surface area contributed by atoms with Crippen LogP contribution in [0.5, 0.6) is 0 Å². The number of hydrogen-bond donors (Lipinski definition) is 2. The van der Waals surface area contributed by atoms with Crippen molar-refractivity contribution in [2.45, 2.75) is 49.6 Å². The molecule has 3 heterocycles. The lowest BCUT2D eigenvalue weighted by atomic mass is 9.95. The van der Waals surface area contributed by atoms with Crippen molar-refractivity contribution in [1.82, 2.24) is 19.9 Å². The van der Waals surface area contributed by atoms with E-state index in [1.807, 2.05) is 12.1 Å². The quantitative estimate of drug-likeness (QED) is 0.288. The summed E-state index contributed by atoms with van der Waals surface area (Å²) in [5.74, 6) is -0.460. The molecule has 1 fully saturated rings. The average molecular weight is 548 g/mol. The van der Waals surface area contributed by atoms with Crippen LogP contribution >= 0.6 is 0 Å². The van der Waals surface area contributed by atoms with Gasteiger partial charge in [0.15, 0.2) is 5.65 Å². The van der Waals surface area contributed by atoms with E-state index in [-0.39, 0.29) is 34.4 Å². The van der Waals surface area contributed by atoms with Gasteiger partial charge in [-0.2, -0.15) is 0 Å². The highest BCUT2D eigenvalue weighted by molar-refractivity contribution is 7.92. The van der Waals surface area contributed by atoms with Crippen molar-refractivity contribution in [1.29, 1.82) is 0 Å². The van der Waals surface area contributed by atoms with Crippen LogP contribution in [0.4, 0.5) is 10.2 Å². The number of carbonyl (C=O) groups is 1. The van der Waals surface area contributed by atoms with Gasteiger partial charge in [-0.3, -0.25) is 9.52 Å². The van der Waals surface area contributed by atoms with Crippen LogP contribution in [0.3, 0.4) is 0 Å².